The average Bonchev–Trinajstić information content (AvgIpc) is 2.25. The third-order valence-electron chi connectivity index (χ3n) is 2.30. The van der Waals surface area contributed by atoms with Crippen LogP contribution in [0.25, 0.3) is 0 Å². The fourth-order valence-electron chi connectivity index (χ4n) is 1.58. The molecule has 20 heavy (non-hydrogen) atoms. The van der Waals surface area contributed by atoms with Gasteiger partial charge in [0.1, 0.15) is 17.5 Å². The monoisotopic (exact) mass is 284 g/mol. The number of nitrogens with one attached hydrogen (secondary N) is 1. The molecule has 1 amide bonds. The Labute approximate surface area is 116 Å². The number of amides is 1. The minimum absolute atomic E-state index is 0.0510. The van der Waals surface area contributed by atoms with E-state index >= 15 is 0 Å². The van der Waals surface area contributed by atoms with Gasteiger partial charge in [0, 0.05) is 10.5 Å². The number of benzene rings is 1. The zero-order valence-corrected chi connectivity index (χ0v) is 11.6. The Bertz CT molecular complexity index is 499. The highest BCUT2D eigenvalue weighted by Gasteiger charge is 2.25. The fourth-order valence-corrected chi connectivity index (χ4v) is 1.58. The Hall–Kier alpha value is -2.18. The number of nitro groups is 1. The first kappa shape index (κ1) is 15.9. The molecule has 1 N–H and O–H groups in total. The molecule has 6 nitrogen and oxygen atoms in total. The standard InChI is InChI=1S/C13H17FN2O4/c1-13(2,3)20-12(17)15-11(8-16(18)19)9-6-4-5-7-10(9)14/h4-7,11H,8H2,1-3H3,(H,15,17)/t11-/m0/s1. The van der Waals surface area contributed by atoms with Gasteiger partial charge in [-0.1, -0.05) is 18.2 Å². The molecule has 1 rings (SSSR count). The molecule has 0 bridgehead atoms. The van der Waals surface area contributed by atoms with Gasteiger partial charge in [-0.05, 0) is 26.8 Å². The molecule has 1 aromatic carbocycles. The van der Waals surface area contributed by atoms with Gasteiger partial charge in [-0.15, -0.1) is 0 Å². The molecule has 0 aliphatic heterocycles. The molecule has 1 aromatic rings. The molecule has 0 fully saturated rings. The van der Waals surface area contributed by atoms with E-state index in [0.717, 1.165) is 0 Å². The highest BCUT2D eigenvalue weighted by atomic mass is 19.1. The van der Waals surface area contributed by atoms with Gasteiger partial charge in [0.15, 0.2) is 0 Å². The van der Waals surface area contributed by atoms with Crippen LogP contribution in [0, 0.1) is 15.9 Å². The zero-order chi connectivity index (χ0) is 15.3. The van der Waals surface area contributed by atoms with Crippen LogP contribution in [0.5, 0.6) is 0 Å². The Balaban J connectivity index is 2.88. The lowest BCUT2D eigenvalue weighted by Gasteiger charge is -2.22. The number of halogens is 1. The van der Waals surface area contributed by atoms with E-state index in [0.29, 0.717) is 0 Å². The summed E-state index contributed by atoms with van der Waals surface area (Å²) in [6.07, 6.45) is -0.826. The maximum atomic E-state index is 13.7. The van der Waals surface area contributed by atoms with Crippen LogP contribution in [0.2, 0.25) is 0 Å². The van der Waals surface area contributed by atoms with Crippen molar-refractivity contribution < 1.29 is 18.8 Å². The second-order valence-electron chi connectivity index (χ2n) is 5.24. The number of carbonyl (C=O) groups excluding carboxylic acids is 1. The SMILES string of the molecule is CC(C)(C)OC(=O)N[C@@H](C[N+](=O)[O-])c1ccccc1F. The van der Waals surface area contributed by atoms with Gasteiger partial charge in [0.25, 0.3) is 0 Å². The van der Waals surface area contributed by atoms with Gasteiger partial charge in [-0.3, -0.25) is 10.1 Å². The van der Waals surface area contributed by atoms with Crippen molar-refractivity contribution in [1.82, 2.24) is 5.32 Å². The Morgan fingerprint density at radius 1 is 1.45 bits per heavy atom. The molecule has 0 spiro atoms. The van der Waals surface area contributed by atoms with Crippen molar-refractivity contribution in [2.45, 2.75) is 32.4 Å². The van der Waals surface area contributed by atoms with Crippen LogP contribution in [0.3, 0.4) is 0 Å². The summed E-state index contributed by atoms with van der Waals surface area (Å²) < 4.78 is 18.7. The molecule has 0 radical (unpaired) electrons. The van der Waals surface area contributed by atoms with E-state index in [1.54, 1.807) is 26.8 Å². The summed E-state index contributed by atoms with van der Waals surface area (Å²) >= 11 is 0. The van der Waals surface area contributed by atoms with Crippen LogP contribution in [0.4, 0.5) is 9.18 Å². The molecule has 110 valence electrons. The summed E-state index contributed by atoms with van der Waals surface area (Å²) in [6.45, 7) is 4.37. The lowest BCUT2D eigenvalue weighted by atomic mass is 10.1. The Kier molecular flexibility index (Phi) is 5.01. The molecule has 0 aliphatic carbocycles. The van der Waals surface area contributed by atoms with Crippen molar-refractivity contribution in [3.63, 3.8) is 0 Å². The second kappa shape index (κ2) is 6.31. The predicted molar refractivity (Wildman–Crippen MR) is 70.4 cm³/mol. The molecule has 1 atom stereocenters. The maximum Gasteiger partial charge on any atom is 0.408 e. The first-order valence-electron chi connectivity index (χ1n) is 6.05. The molecule has 0 saturated carbocycles. The van der Waals surface area contributed by atoms with Gasteiger partial charge in [-0.25, -0.2) is 9.18 Å². The molecule has 0 heterocycles. The van der Waals surface area contributed by atoms with Crippen LogP contribution in [-0.4, -0.2) is 23.2 Å². The van der Waals surface area contributed by atoms with E-state index in [9.17, 15) is 19.3 Å². The van der Waals surface area contributed by atoms with Gasteiger partial charge >= 0.3 is 6.09 Å². The Morgan fingerprint density at radius 3 is 2.55 bits per heavy atom. The molecule has 0 saturated heterocycles. The van der Waals surface area contributed by atoms with Gasteiger partial charge in [0.05, 0.1) is 0 Å². The molecule has 7 heteroatoms. The van der Waals surface area contributed by atoms with E-state index in [4.69, 9.17) is 4.74 Å². The summed E-state index contributed by atoms with van der Waals surface area (Å²) in [6, 6.07) is 4.50. The normalized spacial score (nSPS) is 12.6. The number of alkyl carbamates (subject to hydrolysis) is 1. The zero-order valence-electron chi connectivity index (χ0n) is 11.6. The second-order valence-corrected chi connectivity index (χ2v) is 5.24. The van der Waals surface area contributed by atoms with Gasteiger partial charge in [0.2, 0.25) is 6.54 Å². The fraction of sp³-hybridized carbons (Fsp3) is 0.462. The number of rotatable bonds is 4. The van der Waals surface area contributed by atoms with Gasteiger partial charge < -0.3 is 10.1 Å². The third kappa shape index (κ3) is 5.21. The molecular weight excluding hydrogens is 267 g/mol. The predicted octanol–water partition coefficient (Wildman–Crippen LogP) is 2.67. The first-order chi connectivity index (χ1) is 9.19. The van der Waals surface area contributed by atoms with Crippen LogP contribution in [-0.2, 0) is 4.74 Å². The largest absolute Gasteiger partial charge is 0.444 e. The van der Waals surface area contributed by atoms with E-state index in [-0.39, 0.29) is 5.56 Å². The number of ether oxygens (including phenoxy) is 1. The van der Waals surface area contributed by atoms with E-state index in [1.165, 1.54) is 18.2 Å². The highest BCUT2D eigenvalue weighted by molar-refractivity contribution is 5.68. The summed E-state index contributed by atoms with van der Waals surface area (Å²) in [5, 5.41) is 13.0. The number of carbonyl (C=O) groups is 1. The summed E-state index contributed by atoms with van der Waals surface area (Å²) in [7, 11) is 0. The van der Waals surface area contributed by atoms with Crippen LogP contribution in [0.15, 0.2) is 24.3 Å². The van der Waals surface area contributed by atoms with E-state index in [2.05, 4.69) is 5.32 Å². The van der Waals surface area contributed by atoms with E-state index in [1.807, 2.05) is 0 Å². The van der Waals surface area contributed by atoms with Crippen molar-refractivity contribution in [3.05, 3.63) is 45.8 Å². The average molecular weight is 284 g/mol. The van der Waals surface area contributed by atoms with Crippen molar-refractivity contribution in [2.24, 2.45) is 0 Å². The minimum atomic E-state index is -1.08. The van der Waals surface area contributed by atoms with Crippen molar-refractivity contribution >= 4 is 6.09 Å². The number of nitrogens with zero attached hydrogens (tertiary/aromatic N) is 1. The summed E-state index contributed by atoms with van der Waals surface area (Å²) in [5.41, 5.74) is -0.687. The van der Waals surface area contributed by atoms with Crippen LogP contribution >= 0.6 is 0 Å². The smallest absolute Gasteiger partial charge is 0.408 e. The molecule has 0 aliphatic rings. The lowest BCUT2D eigenvalue weighted by Crippen LogP contribution is -2.37. The van der Waals surface area contributed by atoms with Crippen molar-refractivity contribution in [2.75, 3.05) is 6.54 Å². The van der Waals surface area contributed by atoms with Crippen molar-refractivity contribution in [1.29, 1.82) is 0 Å². The maximum absolute atomic E-state index is 13.7. The molecule has 0 aromatic heterocycles. The van der Waals surface area contributed by atoms with E-state index < -0.39 is 35.0 Å². The van der Waals surface area contributed by atoms with Gasteiger partial charge in [-0.2, -0.15) is 0 Å². The summed E-state index contributed by atoms with van der Waals surface area (Å²) in [4.78, 5) is 21.7. The highest BCUT2D eigenvalue weighted by Crippen LogP contribution is 2.18. The summed E-state index contributed by atoms with van der Waals surface area (Å²) in [5.74, 6) is -0.615. The minimum Gasteiger partial charge on any atom is -0.444 e. The molecule has 0 unspecified atom stereocenters. The molecular formula is C13H17FN2O4. The number of hydrogen-bond acceptors (Lipinski definition) is 4. The van der Waals surface area contributed by atoms with Crippen LogP contribution < -0.4 is 5.32 Å². The number of hydrogen-bond donors (Lipinski definition) is 1. The van der Waals surface area contributed by atoms with Crippen LogP contribution in [0.1, 0.15) is 32.4 Å². The third-order valence-corrected chi connectivity index (χ3v) is 2.30. The lowest BCUT2D eigenvalue weighted by molar-refractivity contribution is -0.484. The quantitative estimate of drug-likeness (QED) is 0.680. The first-order valence-corrected chi connectivity index (χ1v) is 6.05. The van der Waals surface area contributed by atoms with Crippen molar-refractivity contribution in [3.8, 4) is 0 Å². The topological polar surface area (TPSA) is 81.5 Å². The Morgan fingerprint density at radius 2 is 2.05 bits per heavy atom.